The fourth-order valence-electron chi connectivity index (χ4n) is 3.17. The summed E-state index contributed by atoms with van der Waals surface area (Å²) in [6, 6.07) is 0. The zero-order valence-corrected chi connectivity index (χ0v) is 8.37. The lowest BCUT2D eigenvalue weighted by molar-refractivity contribution is 0.463. The maximum absolute atomic E-state index is 2.47. The Kier molecular flexibility index (Phi) is 0.946. The highest BCUT2D eigenvalue weighted by Gasteiger charge is 2.69. The van der Waals surface area contributed by atoms with E-state index in [1.54, 1.807) is 0 Å². The predicted molar refractivity (Wildman–Crippen MR) is 49.8 cm³/mol. The summed E-state index contributed by atoms with van der Waals surface area (Å²) in [4.78, 5) is 0. The molecule has 0 aromatic rings. The molecule has 1 heterocycles. The van der Waals surface area contributed by atoms with E-state index in [1.807, 2.05) is 0 Å². The Hall–Kier alpha value is 0.350. The van der Waals surface area contributed by atoms with Gasteiger partial charge >= 0.3 is 0 Å². The molecule has 1 saturated heterocycles. The third-order valence-corrected chi connectivity index (χ3v) is 6.15. The maximum atomic E-state index is 2.47. The molecule has 0 aromatic carbocycles. The second kappa shape index (κ2) is 1.53. The first kappa shape index (κ1) is 6.82. The molecule has 11 heavy (non-hydrogen) atoms. The first-order valence-corrected chi connectivity index (χ1v) is 5.60. The lowest BCUT2D eigenvalue weighted by Crippen LogP contribution is -2.15. The molecule has 1 aliphatic heterocycles. The van der Waals surface area contributed by atoms with E-state index in [2.05, 4.69) is 32.5 Å². The molecule has 2 aliphatic carbocycles. The van der Waals surface area contributed by atoms with Crippen LogP contribution in [0.1, 0.15) is 33.6 Å². The first-order chi connectivity index (χ1) is 5.04. The third kappa shape index (κ3) is 0.690. The van der Waals surface area contributed by atoms with E-state index >= 15 is 0 Å². The topological polar surface area (TPSA) is 0 Å². The maximum Gasteiger partial charge on any atom is 0.0257 e. The zero-order chi connectivity index (χ0) is 7.85. The van der Waals surface area contributed by atoms with Gasteiger partial charge in [0.25, 0.3) is 0 Å². The van der Waals surface area contributed by atoms with E-state index in [0.717, 1.165) is 27.2 Å². The van der Waals surface area contributed by atoms with Gasteiger partial charge in [0, 0.05) is 10.00 Å². The Morgan fingerprint density at radius 1 is 1.18 bits per heavy atom. The summed E-state index contributed by atoms with van der Waals surface area (Å²) in [6.45, 7) is 7.38. The number of rotatable bonds is 0. The molecule has 3 fully saturated rings. The van der Waals surface area contributed by atoms with Crippen molar-refractivity contribution in [2.45, 2.75) is 43.6 Å². The Morgan fingerprint density at radius 2 is 1.91 bits per heavy atom. The molecule has 3 rings (SSSR count). The van der Waals surface area contributed by atoms with Crippen molar-refractivity contribution in [2.24, 2.45) is 17.3 Å². The van der Waals surface area contributed by atoms with Crippen LogP contribution >= 0.6 is 11.8 Å². The second-order valence-corrected chi connectivity index (χ2v) is 7.13. The van der Waals surface area contributed by atoms with Crippen molar-refractivity contribution in [1.29, 1.82) is 0 Å². The lowest BCUT2D eigenvalue weighted by atomic mass is 9.91. The van der Waals surface area contributed by atoms with E-state index in [-0.39, 0.29) is 0 Å². The van der Waals surface area contributed by atoms with Crippen LogP contribution in [-0.2, 0) is 0 Å². The molecule has 4 atom stereocenters. The first-order valence-electron chi connectivity index (χ1n) is 4.72. The lowest BCUT2D eigenvalue weighted by Gasteiger charge is -2.12. The van der Waals surface area contributed by atoms with E-state index < -0.39 is 0 Å². The van der Waals surface area contributed by atoms with Gasteiger partial charge in [-0.05, 0) is 37.0 Å². The molecular weight excluding hydrogens is 152 g/mol. The van der Waals surface area contributed by atoms with Gasteiger partial charge in [0.05, 0.1) is 0 Å². The number of hydrogen-bond acceptors (Lipinski definition) is 1. The second-order valence-electron chi connectivity index (χ2n) is 5.39. The summed E-state index contributed by atoms with van der Waals surface area (Å²) in [5.74, 6) is 2.18. The van der Waals surface area contributed by atoms with Gasteiger partial charge in [0.1, 0.15) is 0 Å². The standard InChI is InChI=1S/C10H16S/c1-9(2)6-4-8-10(3,11-8)5-7(6)9/h6-8H,4-5H2,1-3H3/t6-,7+,8-,10+/m1/s1. The van der Waals surface area contributed by atoms with Crippen LogP contribution in [0, 0.1) is 17.3 Å². The van der Waals surface area contributed by atoms with Crippen LogP contribution in [0.4, 0.5) is 0 Å². The minimum atomic E-state index is 0.719. The number of fused-ring (bicyclic) bond motifs is 2. The van der Waals surface area contributed by atoms with E-state index in [1.165, 1.54) is 12.8 Å². The highest BCUT2D eigenvalue weighted by atomic mass is 32.2. The largest absolute Gasteiger partial charge is 0.149 e. The van der Waals surface area contributed by atoms with Crippen molar-refractivity contribution in [1.82, 2.24) is 0 Å². The molecule has 0 bridgehead atoms. The smallest absolute Gasteiger partial charge is 0.0257 e. The molecule has 2 saturated carbocycles. The van der Waals surface area contributed by atoms with E-state index in [0.29, 0.717) is 0 Å². The number of hydrogen-bond donors (Lipinski definition) is 0. The van der Waals surface area contributed by atoms with Crippen LogP contribution in [0.5, 0.6) is 0 Å². The molecule has 3 aliphatic rings. The average molecular weight is 168 g/mol. The van der Waals surface area contributed by atoms with E-state index in [4.69, 9.17) is 0 Å². The molecule has 0 unspecified atom stereocenters. The molecular formula is C10H16S. The molecule has 0 N–H and O–H groups in total. The minimum absolute atomic E-state index is 0.719. The van der Waals surface area contributed by atoms with Crippen LogP contribution in [0.25, 0.3) is 0 Å². The molecule has 0 radical (unpaired) electrons. The van der Waals surface area contributed by atoms with Gasteiger partial charge in [-0.1, -0.05) is 13.8 Å². The van der Waals surface area contributed by atoms with Gasteiger partial charge in [-0.3, -0.25) is 0 Å². The SMILES string of the molecule is CC1(C)[C@@H]2C[C@H]3S[C@@]3(C)C[C@@H]21. The van der Waals surface area contributed by atoms with Gasteiger partial charge in [0.2, 0.25) is 0 Å². The van der Waals surface area contributed by atoms with E-state index in [9.17, 15) is 0 Å². The fourth-order valence-corrected chi connectivity index (χ4v) is 4.52. The summed E-state index contributed by atoms with van der Waals surface area (Å²) >= 11 is 2.24. The van der Waals surface area contributed by atoms with Crippen LogP contribution < -0.4 is 0 Å². The van der Waals surface area contributed by atoms with Crippen molar-refractivity contribution < 1.29 is 0 Å². The summed E-state index contributed by atoms with van der Waals surface area (Å²) < 4.78 is 0.731. The Bertz CT molecular complexity index is 221. The summed E-state index contributed by atoms with van der Waals surface area (Å²) in [7, 11) is 0. The summed E-state index contributed by atoms with van der Waals surface area (Å²) in [6.07, 6.45) is 3.04. The zero-order valence-electron chi connectivity index (χ0n) is 7.55. The van der Waals surface area contributed by atoms with Gasteiger partial charge in [-0.15, -0.1) is 11.8 Å². The molecule has 1 heteroatoms. The van der Waals surface area contributed by atoms with Crippen molar-refractivity contribution in [3.63, 3.8) is 0 Å². The monoisotopic (exact) mass is 168 g/mol. The molecule has 0 nitrogen and oxygen atoms in total. The minimum Gasteiger partial charge on any atom is -0.149 e. The number of thioether (sulfide) groups is 1. The predicted octanol–water partition coefficient (Wildman–Crippen LogP) is 2.93. The average Bonchev–Trinajstić information content (AvgIpc) is 2.68. The fraction of sp³-hybridized carbons (Fsp3) is 1.00. The molecule has 0 aromatic heterocycles. The highest BCUT2D eigenvalue weighted by molar-refractivity contribution is 8.08. The summed E-state index contributed by atoms with van der Waals surface area (Å²) in [5, 5.41) is 1.05. The summed E-state index contributed by atoms with van der Waals surface area (Å²) in [5.41, 5.74) is 0.719. The van der Waals surface area contributed by atoms with Crippen LogP contribution in [0.2, 0.25) is 0 Å². The van der Waals surface area contributed by atoms with Crippen LogP contribution in [0.3, 0.4) is 0 Å². The molecule has 0 amide bonds. The van der Waals surface area contributed by atoms with Crippen LogP contribution in [-0.4, -0.2) is 10.00 Å². The molecule has 62 valence electrons. The Balaban J connectivity index is 1.85. The van der Waals surface area contributed by atoms with Gasteiger partial charge in [0.15, 0.2) is 0 Å². The van der Waals surface area contributed by atoms with Crippen molar-refractivity contribution in [3.8, 4) is 0 Å². The Morgan fingerprint density at radius 3 is 2.55 bits per heavy atom. The van der Waals surface area contributed by atoms with Gasteiger partial charge < -0.3 is 0 Å². The van der Waals surface area contributed by atoms with Gasteiger partial charge in [-0.2, -0.15) is 0 Å². The highest BCUT2D eigenvalue weighted by Crippen LogP contribution is 2.76. The normalized spacial score (nSPS) is 63.0. The van der Waals surface area contributed by atoms with Crippen molar-refractivity contribution >= 4 is 11.8 Å². The molecule has 0 spiro atoms. The van der Waals surface area contributed by atoms with Crippen molar-refractivity contribution in [2.75, 3.05) is 0 Å². The quantitative estimate of drug-likeness (QED) is 0.501. The van der Waals surface area contributed by atoms with Crippen molar-refractivity contribution in [3.05, 3.63) is 0 Å². The van der Waals surface area contributed by atoms with Gasteiger partial charge in [-0.25, -0.2) is 0 Å². The third-order valence-electron chi connectivity index (χ3n) is 4.42. The van der Waals surface area contributed by atoms with Crippen LogP contribution in [0.15, 0.2) is 0 Å². The Labute approximate surface area is 73.1 Å².